The van der Waals surface area contributed by atoms with E-state index >= 15 is 0 Å². The molecule has 0 aromatic heterocycles. The average Bonchev–Trinajstić information content (AvgIpc) is 1.97. The van der Waals surface area contributed by atoms with Crippen LogP contribution in [0.4, 0.5) is 0 Å². The van der Waals surface area contributed by atoms with Gasteiger partial charge in [-0.3, -0.25) is 4.90 Å². The first-order valence-corrected chi connectivity index (χ1v) is 3.94. The maximum absolute atomic E-state index is 8.35. The summed E-state index contributed by atoms with van der Waals surface area (Å²) in [5.74, 6) is 0. The van der Waals surface area contributed by atoms with Gasteiger partial charge in [-0.2, -0.15) is 5.26 Å². The molecule has 0 rings (SSSR count). The molecule has 0 spiro atoms. The van der Waals surface area contributed by atoms with Gasteiger partial charge in [-0.15, -0.1) is 0 Å². The van der Waals surface area contributed by atoms with E-state index in [9.17, 15) is 0 Å². The third-order valence-corrected chi connectivity index (χ3v) is 1.48. The summed E-state index contributed by atoms with van der Waals surface area (Å²) in [6.45, 7) is 10.7. The monoisotopic (exact) mass is 152 g/mol. The minimum absolute atomic E-state index is 0.612. The molecule has 0 aromatic rings. The fourth-order valence-electron chi connectivity index (χ4n) is 0.939. The van der Waals surface area contributed by atoms with Crippen LogP contribution < -0.4 is 0 Å². The number of nitrogens with zero attached hydrogens (tertiary/aromatic N) is 2. The zero-order valence-electron chi connectivity index (χ0n) is 7.43. The summed E-state index contributed by atoms with van der Waals surface area (Å²) in [6, 6.07) is 2.13. The van der Waals surface area contributed by atoms with Crippen molar-refractivity contribution >= 4 is 0 Å². The zero-order valence-corrected chi connectivity index (χ0v) is 7.43. The van der Waals surface area contributed by atoms with Gasteiger partial charge in [0.25, 0.3) is 0 Å². The van der Waals surface area contributed by atoms with E-state index in [1.807, 2.05) is 6.92 Å². The van der Waals surface area contributed by atoms with Crippen LogP contribution in [0, 0.1) is 11.3 Å². The first kappa shape index (κ1) is 10.2. The summed E-state index contributed by atoms with van der Waals surface area (Å²) in [5, 5.41) is 8.35. The molecule has 0 saturated carbocycles. The highest BCUT2D eigenvalue weighted by molar-refractivity contribution is 4.92. The molecule has 0 saturated heterocycles. The first-order chi connectivity index (χ1) is 5.20. The predicted octanol–water partition coefficient (Wildman–Crippen LogP) is 1.80. The fraction of sp³-hybridized carbons (Fsp3) is 0.667. The van der Waals surface area contributed by atoms with Crippen LogP contribution in [0.3, 0.4) is 0 Å². The minimum Gasteiger partial charge on any atom is -0.299 e. The molecule has 0 aliphatic carbocycles. The molecule has 0 fully saturated rings. The van der Waals surface area contributed by atoms with Crippen LogP contribution in [0.2, 0.25) is 0 Å². The third-order valence-electron chi connectivity index (χ3n) is 1.48. The Morgan fingerprint density at radius 3 is 2.64 bits per heavy atom. The van der Waals surface area contributed by atoms with Crippen LogP contribution in [0.1, 0.15) is 20.3 Å². The molecule has 0 amide bonds. The van der Waals surface area contributed by atoms with E-state index in [1.54, 1.807) is 0 Å². The van der Waals surface area contributed by atoms with Crippen molar-refractivity contribution < 1.29 is 0 Å². The molecule has 62 valence electrons. The van der Waals surface area contributed by atoms with Crippen LogP contribution in [0.25, 0.3) is 0 Å². The standard InChI is InChI=1S/C9H16N2/c1-4-11(7-5-6-10)8-9(2)3/h2,4-5,7-8H2,1,3H3. The lowest BCUT2D eigenvalue weighted by molar-refractivity contribution is 0.320. The van der Waals surface area contributed by atoms with E-state index in [0.717, 1.165) is 25.2 Å². The number of nitriles is 1. The Labute approximate surface area is 69.1 Å². The molecule has 0 aliphatic rings. The Hall–Kier alpha value is -0.810. The van der Waals surface area contributed by atoms with Gasteiger partial charge in [-0.05, 0) is 13.5 Å². The van der Waals surface area contributed by atoms with Gasteiger partial charge in [0.05, 0.1) is 6.07 Å². The van der Waals surface area contributed by atoms with Crippen LogP contribution in [-0.4, -0.2) is 24.5 Å². The number of hydrogen-bond donors (Lipinski definition) is 0. The summed E-state index contributed by atoms with van der Waals surface area (Å²) in [6.07, 6.45) is 0.612. The molecule has 0 radical (unpaired) electrons. The molecular formula is C9H16N2. The lowest BCUT2D eigenvalue weighted by Gasteiger charge is -2.18. The normalized spacial score (nSPS) is 9.64. The maximum Gasteiger partial charge on any atom is 0.0635 e. The maximum atomic E-state index is 8.35. The topological polar surface area (TPSA) is 27.0 Å². The van der Waals surface area contributed by atoms with Crippen molar-refractivity contribution in [2.45, 2.75) is 20.3 Å². The van der Waals surface area contributed by atoms with E-state index in [2.05, 4.69) is 24.5 Å². The van der Waals surface area contributed by atoms with Crippen LogP contribution in [0.5, 0.6) is 0 Å². The number of rotatable bonds is 5. The Kier molecular flexibility index (Phi) is 5.50. The van der Waals surface area contributed by atoms with Crippen molar-refractivity contribution in [2.24, 2.45) is 0 Å². The van der Waals surface area contributed by atoms with E-state index in [0.29, 0.717) is 6.42 Å². The lowest BCUT2D eigenvalue weighted by atomic mass is 10.3. The second kappa shape index (κ2) is 5.94. The highest BCUT2D eigenvalue weighted by Gasteiger charge is 1.99. The molecule has 0 aliphatic heterocycles. The predicted molar refractivity (Wildman–Crippen MR) is 47.2 cm³/mol. The molecule has 2 heteroatoms. The van der Waals surface area contributed by atoms with Crippen molar-refractivity contribution in [2.75, 3.05) is 19.6 Å². The Bertz CT molecular complexity index is 155. The van der Waals surface area contributed by atoms with Crippen molar-refractivity contribution in [3.63, 3.8) is 0 Å². The summed E-state index contributed by atoms with van der Waals surface area (Å²) in [7, 11) is 0. The second-order valence-corrected chi connectivity index (χ2v) is 2.73. The smallest absolute Gasteiger partial charge is 0.0635 e. The third kappa shape index (κ3) is 5.63. The summed E-state index contributed by atoms with van der Waals surface area (Å²) in [5.41, 5.74) is 1.16. The van der Waals surface area contributed by atoms with Gasteiger partial charge in [-0.1, -0.05) is 19.1 Å². The molecular weight excluding hydrogens is 136 g/mol. The number of hydrogen-bond acceptors (Lipinski definition) is 2. The Morgan fingerprint density at radius 1 is 1.64 bits per heavy atom. The summed E-state index contributed by atoms with van der Waals surface area (Å²) >= 11 is 0. The highest BCUT2D eigenvalue weighted by Crippen LogP contribution is 1.95. The van der Waals surface area contributed by atoms with Gasteiger partial charge in [0.2, 0.25) is 0 Å². The van der Waals surface area contributed by atoms with Crippen molar-refractivity contribution in [1.29, 1.82) is 5.26 Å². The zero-order chi connectivity index (χ0) is 8.69. The summed E-state index contributed by atoms with van der Waals surface area (Å²) < 4.78 is 0. The molecule has 11 heavy (non-hydrogen) atoms. The van der Waals surface area contributed by atoms with Crippen molar-refractivity contribution in [1.82, 2.24) is 4.90 Å². The molecule has 0 aromatic carbocycles. The SMILES string of the molecule is C=C(C)CN(CC)CCC#N. The average molecular weight is 152 g/mol. The van der Waals surface area contributed by atoms with E-state index in [4.69, 9.17) is 5.26 Å². The molecule has 0 bridgehead atoms. The van der Waals surface area contributed by atoms with Crippen LogP contribution in [0.15, 0.2) is 12.2 Å². The molecule has 2 nitrogen and oxygen atoms in total. The van der Waals surface area contributed by atoms with Gasteiger partial charge in [0, 0.05) is 19.5 Å². The van der Waals surface area contributed by atoms with Gasteiger partial charge in [0.15, 0.2) is 0 Å². The fourth-order valence-corrected chi connectivity index (χ4v) is 0.939. The van der Waals surface area contributed by atoms with E-state index in [1.165, 1.54) is 0 Å². The molecule has 0 atom stereocenters. The highest BCUT2D eigenvalue weighted by atomic mass is 15.1. The number of likely N-dealkylation sites (N-methyl/N-ethyl adjacent to an activating group) is 1. The van der Waals surface area contributed by atoms with E-state index in [-0.39, 0.29) is 0 Å². The lowest BCUT2D eigenvalue weighted by Crippen LogP contribution is -2.25. The van der Waals surface area contributed by atoms with Gasteiger partial charge >= 0.3 is 0 Å². The molecule has 0 N–H and O–H groups in total. The quantitative estimate of drug-likeness (QED) is 0.562. The van der Waals surface area contributed by atoms with Crippen molar-refractivity contribution in [3.05, 3.63) is 12.2 Å². The van der Waals surface area contributed by atoms with Crippen LogP contribution >= 0.6 is 0 Å². The first-order valence-electron chi connectivity index (χ1n) is 3.94. The summed E-state index contributed by atoms with van der Waals surface area (Å²) in [4.78, 5) is 2.21. The Balaban J connectivity index is 3.59. The molecule has 0 heterocycles. The molecule has 0 unspecified atom stereocenters. The van der Waals surface area contributed by atoms with Gasteiger partial charge < -0.3 is 0 Å². The Morgan fingerprint density at radius 2 is 2.27 bits per heavy atom. The van der Waals surface area contributed by atoms with Crippen LogP contribution in [-0.2, 0) is 0 Å². The minimum atomic E-state index is 0.612. The van der Waals surface area contributed by atoms with Gasteiger partial charge in [-0.25, -0.2) is 0 Å². The largest absolute Gasteiger partial charge is 0.299 e. The van der Waals surface area contributed by atoms with Crippen molar-refractivity contribution in [3.8, 4) is 6.07 Å². The second-order valence-electron chi connectivity index (χ2n) is 2.73. The van der Waals surface area contributed by atoms with E-state index < -0.39 is 0 Å². The van der Waals surface area contributed by atoms with Gasteiger partial charge in [0.1, 0.15) is 0 Å².